The standard InChI is InChI=1S/C14H14ClFNO2/c1-14(2,18)9-3-6-13(17(19)8-9)11-7-10(15)4-5-12(11)16/h3-8,18-19H,1-2H3/q+1. The normalized spacial score (nSPS) is 11.6. The average molecular weight is 283 g/mol. The van der Waals surface area contributed by atoms with Gasteiger partial charge in [-0.15, -0.1) is 0 Å². The van der Waals surface area contributed by atoms with Gasteiger partial charge in [-0.3, -0.25) is 5.21 Å². The molecule has 0 unspecified atom stereocenters. The van der Waals surface area contributed by atoms with Crippen LogP contribution in [0, 0.1) is 5.82 Å². The summed E-state index contributed by atoms with van der Waals surface area (Å²) in [6, 6.07) is 7.27. The van der Waals surface area contributed by atoms with Crippen LogP contribution in [0.15, 0.2) is 36.5 Å². The molecule has 1 aromatic heterocycles. The summed E-state index contributed by atoms with van der Waals surface area (Å²) in [7, 11) is 0. The van der Waals surface area contributed by atoms with Crippen molar-refractivity contribution in [3.05, 3.63) is 52.9 Å². The Morgan fingerprint density at radius 1 is 1.21 bits per heavy atom. The molecule has 2 N–H and O–H groups in total. The molecule has 0 saturated carbocycles. The Morgan fingerprint density at radius 3 is 2.47 bits per heavy atom. The van der Waals surface area contributed by atoms with Crippen LogP contribution in [-0.4, -0.2) is 10.3 Å². The van der Waals surface area contributed by atoms with Gasteiger partial charge in [-0.25, -0.2) is 4.39 Å². The molecule has 1 aromatic carbocycles. The van der Waals surface area contributed by atoms with Crippen molar-refractivity contribution in [1.82, 2.24) is 0 Å². The summed E-state index contributed by atoms with van der Waals surface area (Å²) in [6.07, 6.45) is 1.34. The Bertz CT molecular complexity index is 623. The van der Waals surface area contributed by atoms with Gasteiger partial charge < -0.3 is 5.11 Å². The van der Waals surface area contributed by atoms with E-state index in [0.29, 0.717) is 10.6 Å². The van der Waals surface area contributed by atoms with Gasteiger partial charge in [0.15, 0.2) is 0 Å². The minimum atomic E-state index is -1.09. The Hall–Kier alpha value is -1.65. The zero-order chi connectivity index (χ0) is 14.2. The summed E-state index contributed by atoms with van der Waals surface area (Å²) in [5, 5.41) is 20.2. The first-order valence-electron chi connectivity index (χ1n) is 5.72. The lowest BCUT2D eigenvalue weighted by Gasteiger charge is -2.15. The number of pyridine rings is 1. The number of aliphatic hydroxyl groups is 1. The number of rotatable bonds is 2. The summed E-state index contributed by atoms with van der Waals surface area (Å²) in [4.78, 5) is 0. The summed E-state index contributed by atoms with van der Waals surface area (Å²) < 4.78 is 14.5. The zero-order valence-corrected chi connectivity index (χ0v) is 11.3. The molecule has 0 aliphatic carbocycles. The van der Waals surface area contributed by atoms with Gasteiger partial charge in [-0.05, 0) is 38.1 Å². The third kappa shape index (κ3) is 2.85. The minimum Gasteiger partial charge on any atom is -0.386 e. The largest absolute Gasteiger partial charge is 0.386 e. The van der Waals surface area contributed by atoms with Gasteiger partial charge in [0, 0.05) is 15.8 Å². The monoisotopic (exact) mass is 282 g/mol. The molecule has 3 nitrogen and oxygen atoms in total. The quantitative estimate of drug-likeness (QED) is 0.657. The summed E-state index contributed by atoms with van der Waals surface area (Å²) in [5.74, 6) is -0.483. The minimum absolute atomic E-state index is 0.192. The van der Waals surface area contributed by atoms with Crippen molar-refractivity contribution in [2.45, 2.75) is 19.4 Å². The van der Waals surface area contributed by atoms with Gasteiger partial charge in [-0.2, -0.15) is 0 Å². The predicted octanol–water partition coefficient (Wildman–Crippen LogP) is 2.90. The molecule has 2 aromatic rings. The third-order valence-corrected chi connectivity index (χ3v) is 3.07. The summed E-state index contributed by atoms with van der Waals surface area (Å²) >= 11 is 5.83. The Morgan fingerprint density at radius 2 is 1.89 bits per heavy atom. The number of hydrogen-bond donors (Lipinski definition) is 2. The highest BCUT2D eigenvalue weighted by Crippen LogP contribution is 2.25. The van der Waals surface area contributed by atoms with Crippen LogP contribution in [0.5, 0.6) is 0 Å². The predicted molar refractivity (Wildman–Crippen MR) is 69.5 cm³/mol. The van der Waals surface area contributed by atoms with E-state index in [1.54, 1.807) is 19.9 Å². The van der Waals surface area contributed by atoms with Crippen LogP contribution in [-0.2, 0) is 5.60 Å². The molecule has 0 bridgehead atoms. The van der Waals surface area contributed by atoms with E-state index in [1.165, 1.54) is 30.5 Å². The number of nitrogens with zero attached hydrogens (tertiary/aromatic N) is 1. The van der Waals surface area contributed by atoms with Gasteiger partial charge in [0.05, 0.1) is 16.7 Å². The van der Waals surface area contributed by atoms with Crippen LogP contribution in [0.3, 0.4) is 0 Å². The van der Waals surface area contributed by atoms with Crippen LogP contribution in [0.25, 0.3) is 11.3 Å². The Kier molecular flexibility index (Phi) is 3.47. The van der Waals surface area contributed by atoms with Crippen LogP contribution in [0.1, 0.15) is 19.4 Å². The first-order chi connectivity index (χ1) is 8.79. The van der Waals surface area contributed by atoms with Gasteiger partial charge in [-0.1, -0.05) is 11.6 Å². The van der Waals surface area contributed by atoms with Crippen molar-refractivity contribution in [3.8, 4) is 11.3 Å². The molecular formula is C14H14ClFNO2+. The fraction of sp³-hybridized carbons (Fsp3) is 0.214. The van der Waals surface area contributed by atoms with Crippen LogP contribution in [0.2, 0.25) is 5.02 Å². The van der Waals surface area contributed by atoms with Crippen molar-refractivity contribution in [3.63, 3.8) is 0 Å². The lowest BCUT2D eigenvalue weighted by molar-refractivity contribution is -0.896. The molecule has 0 fully saturated rings. The molecule has 0 spiro atoms. The maximum atomic E-state index is 13.7. The molecule has 0 saturated heterocycles. The zero-order valence-electron chi connectivity index (χ0n) is 10.6. The first kappa shape index (κ1) is 13.8. The molecule has 0 atom stereocenters. The van der Waals surface area contributed by atoms with Crippen LogP contribution >= 0.6 is 11.6 Å². The van der Waals surface area contributed by atoms with E-state index in [0.717, 1.165) is 4.73 Å². The molecule has 5 heteroatoms. The average Bonchev–Trinajstić information content (AvgIpc) is 2.31. The molecule has 2 rings (SSSR count). The molecule has 0 radical (unpaired) electrons. The van der Waals surface area contributed by atoms with E-state index in [1.807, 2.05) is 0 Å². The molecular weight excluding hydrogens is 269 g/mol. The van der Waals surface area contributed by atoms with Crippen molar-refractivity contribution < 1.29 is 19.4 Å². The van der Waals surface area contributed by atoms with E-state index in [9.17, 15) is 14.7 Å². The molecule has 19 heavy (non-hydrogen) atoms. The second-order valence-corrected chi connectivity index (χ2v) is 5.27. The van der Waals surface area contributed by atoms with E-state index in [4.69, 9.17) is 11.6 Å². The smallest absolute Gasteiger partial charge is 0.267 e. The third-order valence-electron chi connectivity index (χ3n) is 2.84. The van der Waals surface area contributed by atoms with Gasteiger partial charge in [0.1, 0.15) is 5.82 Å². The number of aromatic nitrogens is 1. The molecule has 0 aliphatic rings. The molecule has 1 heterocycles. The van der Waals surface area contributed by atoms with E-state index < -0.39 is 11.4 Å². The highest BCUT2D eigenvalue weighted by molar-refractivity contribution is 6.30. The summed E-state index contributed by atoms with van der Waals surface area (Å²) in [5.41, 5.74) is -0.123. The van der Waals surface area contributed by atoms with Crippen LogP contribution in [0.4, 0.5) is 4.39 Å². The topological polar surface area (TPSA) is 44.3 Å². The van der Waals surface area contributed by atoms with Gasteiger partial charge in [0.25, 0.3) is 5.69 Å². The first-order valence-corrected chi connectivity index (χ1v) is 6.10. The highest BCUT2D eigenvalue weighted by atomic mass is 35.5. The van der Waals surface area contributed by atoms with Crippen molar-refractivity contribution in [2.24, 2.45) is 0 Å². The Labute approximate surface area is 115 Å². The second-order valence-electron chi connectivity index (χ2n) is 4.83. The second kappa shape index (κ2) is 4.79. The lowest BCUT2D eigenvalue weighted by atomic mass is 9.99. The van der Waals surface area contributed by atoms with Crippen molar-refractivity contribution in [1.29, 1.82) is 0 Å². The maximum absolute atomic E-state index is 13.7. The van der Waals surface area contributed by atoms with Crippen molar-refractivity contribution >= 4 is 11.6 Å². The number of hydrogen-bond acceptors (Lipinski definition) is 2. The molecule has 0 amide bonds. The number of benzene rings is 1. The maximum Gasteiger partial charge on any atom is 0.267 e. The Balaban J connectivity index is 2.55. The van der Waals surface area contributed by atoms with E-state index >= 15 is 0 Å². The molecule has 100 valence electrons. The van der Waals surface area contributed by atoms with E-state index in [-0.39, 0.29) is 11.3 Å². The fourth-order valence-electron chi connectivity index (χ4n) is 1.76. The van der Waals surface area contributed by atoms with Crippen molar-refractivity contribution in [2.75, 3.05) is 0 Å². The van der Waals surface area contributed by atoms with Gasteiger partial charge in [0.2, 0.25) is 6.20 Å². The van der Waals surface area contributed by atoms with Crippen LogP contribution < -0.4 is 4.73 Å². The number of halogens is 2. The van der Waals surface area contributed by atoms with Gasteiger partial charge >= 0.3 is 0 Å². The lowest BCUT2D eigenvalue weighted by Crippen LogP contribution is -2.35. The SMILES string of the molecule is CC(C)(O)c1ccc(-c2cc(Cl)ccc2F)[n+](O)c1. The molecule has 0 aliphatic heterocycles. The summed E-state index contributed by atoms with van der Waals surface area (Å²) in [6.45, 7) is 3.20. The fourth-order valence-corrected chi connectivity index (χ4v) is 1.93. The highest BCUT2D eigenvalue weighted by Gasteiger charge is 2.24. The van der Waals surface area contributed by atoms with E-state index in [2.05, 4.69) is 0 Å².